The summed E-state index contributed by atoms with van der Waals surface area (Å²) in [5.41, 5.74) is 0.288. The van der Waals surface area contributed by atoms with Crippen LogP contribution in [0.15, 0.2) is 9.42 Å². The predicted octanol–water partition coefficient (Wildman–Crippen LogP) is 1.58. The number of amides is 2. The quantitative estimate of drug-likeness (QED) is 0.853. The van der Waals surface area contributed by atoms with Crippen LogP contribution in [0.4, 0.5) is 4.79 Å². The molecule has 1 aliphatic carbocycles. The van der Waals surface area contributed by atoms with E-state index in [1.165, 1.54) is 11.8 Å². The fourth-order valence-corrected chi connectivity index (χ4v) is 5.75. The highest BCUT2D eigenvalue weighted by atomic mass is 32.2. The topological polar surface area (TPSA) is 110 Å². The molecule has 1 aromatic heterocycles. The highest BCUT2D eigenvalue weighted by Gasteiger charge is 2.42. The fraction of sp³-hybridized carbons (Fsp3) is 0.643. The zero-order valence-corrected chi connectivity index (χ0v) is 15.1. The minimum Gasteiger partial charge on any atom is -0.360 e. The van der Waals surface area contributed by atoms with Gasteiger partial charge in [-0.25, -0.2) is 13.1 Å². The summed E-state index contributed by atoms with van der Waals surface area (Å²) in [4.78, 5) is 25.3. The molecule has 3 rings (SSSR count). The number of nitrogens with one attached hydrogen (secondary N) is 1. The Labute approximate surface area is 144 Å². The lowest BCUT2D eigenvalue weighted by molar-refractivity contribution is -0.127. The Bertz CT molecular complexity index is 738. The van der Waals surface area contributed by atoms with Crippen molar-refractivity contribution in [1.29, 1.82) is 0 Å². The van der Waals surface area contributed by atoms with E-state index in [9.17, 15) is 18.0 Å². The van der Waals surface area contributed by atoms with Gasteiger partial charge in [0.2, 0.25) is 15.9 Å². The normalized spacial score (nSPS) is 25.5. The van der Waals surface area contributed by atoms with Gasteiger partial charge in [0.1, 0.15) is 10.6 Å². The Morgan fingerprint density at radius 3 is 2.54 bits per heavy atom. The van der Waals surface area contributed by atoms with Crippen LogP contribution in [-0.2, 0) is 14.8 Å². The van der Waals surface area contributed by atoms with Crippen molar-refractivity contribution in [3.8, 4) is 0 Å². The van der Waals surface area contributed by atoms with Crippen LogP contribution < -0.4 is 4.72 Å². The summed E-state index contributed by atoms with van der Waals surface area (Å²) in [5.74, 6) is 0.0910. The molecule has 132 valence electrons. The summed E-state index contributed by atoms with van der Waals surface area (Å²) >= 11 is 0.965. The number of aromatic nitrogens is 1. The highest BCUT2D eigenvalue weighted by molar-refractivity contribution is 8.14. The van der Waals surface area contributed by atoms with Crippen LogP contribution in [0, 0.1) is 13.8 Å². The first kappa shape index (κ1) is 17.4. The lowest BCUT2D eigenvalue weighted by Gasteiger charge is -2.36. The van der Waals surface area contributed by atoms with Crippen molar-refractivity contribution in [3.05, 3.63) is 11.5 Å². The molecule has 8 nitrogen and oxygen atoms in total. The van der Waals surface area contributed by atoms with Crippen LogP contribution in [0.3, 0.4) is 0 Å². The molecule has 0 bridgehead atoms. The van der Waals surface area contributed by atoms with Gasteiger partial charge in [0.15, 0.2) is 5.76 Å². The van der Waals surface area contributed by atoms with Gasteiger partial charge in [-0.1, -0.05) is 29.8 Å². The van der Waals surface area contributed by atoms with Gasteiger partial charge in [0.25, 0.3) is 5.24 Å². The molecule has 24 heavy (non-hydrogen) atoms. The lowest BCUT2D eigenvalue weighted by Crippen LogP contribution is -2.54. The van der Waals surface area contributed by atoms with E-state index in [0.717, 1.165) is 24.6 Å². The molecule has 2 fully saturated rings. The van der Waals surface area contributed by atoms with Crippen molar-refractivity contribution in [3.63, 3.8) is 0 Å². The second-order valence-electron chi connectivity index (χ2n) is 6.05. The highest BCUT2D eigenvalue weighted by Crippen LogP contribution is 2.31. The number of hydrogen-bond acceptors (Lipinski definition) is 7. The van der Waals surface area contributed by atoms with Crippen molar-refractivity contribution < 1.29 is 22.5 Å². The smallest absolute Gasteiger partial charge is 0.289 e. The second-order valence-corrected chi connectivity index (χ2v) is 8.63. The molecular weight excluding hydrogens is 354 g/mol. The number of hydrogen-bond donors (Lipinski definition) is 1. The third-order valence-corrected chi connectivity index (χ3v) is 6.96. The number of rotatable bonds is 4. The Hall–Kier alpha value is -1.39. The maximum absolute atomic E-state index is 12.7. The Balaban J connectivity index is 1.87. The summed E-state index contributed by atoms with van der Waals surface area (Å²) < 4.78 is 33.0. The molecule has 1 saturated carbocycles. The van der Waals surface area contributed by atoms with E-state index in [4.69, 9.17) is 4.52 Å². The molecular formula is C14H19N3O5S2. The van der Waals surface area contributed by atoms with Gasteiger partial charge >= 0.3 is 0 Å². The molecule has 2 heterocycles. The average Bonchev–Trinajstić information content (AvgIpc) is 3.02. The Morgan fingerprint density at radius 2 is 1.96 bits per heavy atom. The fourth-order valence-electron chi connectivity index (χ4n) is 3.36. The predicted molar refractivity (Wildman–Crippen MR) is 87.0 cm³/mol. The Kier molecular flexibility index (Phi) is 4.71. The maximum Gasteiger partial charge on any atom is 0.289 e. The van der Waals surface area contributed by atoms with E-state index in [1.54, 1.807) is 6.92 Å². The molecule has 2 amide bonds. The zero-order valence-electron chi connectivity index (χ0n) is 13.4. The number of imide groups is 1. The van der Waals surface area contributed by atoms with Crippen LogP contribution in [0.5, 0.6) is 0 Å². The molecule has 1 aromatic rings. The van der Waals surface area contributed by atoms with Crippen LogP contribution in [-0.4, -0.2) is 47.5 Å². The minimum absolute atomic E-state index is 0.0280. The Morgan fingerprint density at radius 1 is 1.25 bits per heavy atom. The molecule has 0 spiro atoms. The van der Waals surface area contributed by atoms with Crippen molar-refractivity contribution in [1.82, 2.24) is 14.8 Å². The molecule has 2 unspecified atom stereocenters. The van der Waals surface area contributed by atoms with E-state index in [1.807, 2.05) is 0 Å². The SMILES string of the molecule is Cc1noc(C)c1S(=O)(=O)NC1CCCCC1N1C(=O)CSC1=O. The lowest BCUT2D eigenvalue weighted by atomic mass is 9.90. The number of carbonyl (C=O) groups is 2. The van der Waals surface area contributed by atoms with Gasteiger partial charge in [-0.3, -0.25) is 14.5 Å². The van der Waals surface area contributed by atoms with E-state index in [-0.39, 0.29) is 33.2 Å². The third kappa shape index (κ3) is 3.09. The average molecular weight is 373 g/mol. The van der Waals surface area contributed by atoms with Gasteiger partial charge in [0.05, 0.1) is 11.8 Å². The first-order chi connectivity index (χ1) is 11.3. The number of aryl methyl sites for hydroxylation is 2. The van der Waals surface area contributed by atoms with Gasteiger partial charge in [-0.05, 0) is 26.7 Å². The van der Waals surface area contributed by atoms with Crippen molar-refractivity contribution in [2.45, 2.75) is 56.5 Å². The van der Waals surface area contributed by atoms with Gasteiger partial charge < -0.3 is 4.52 Å². The molecule has 0 aromatic carbocycles. The third-order valence-electron chi connectivity index (χ3n) is 4.39. The van der Waals surface area contributed by atoms with Crippen LogP contribution in [0.25, 0.3) is 0 Å². The second kappa shape index (κ2) is 6.49. The van der Waals surface area contributed by atoms with Gasteiger partial charge in [-0.2, -0.15) is 0 Å². The van der Waals surface area contributed by atoms with Crippen LogP contribution >= 0.6 is 11.8 Å². The first-order valence-corrected chi connectivity index (χ1v) is 10.2. The van der Waals surface area contributed by atoms with Crippen molar-refractivity contribution >= 4 is 32.9 Å². The first-order valence-electron chi connectivity index (χ1n) is 7.75. The molecule has 0 radical (unpaired) electrons. The molecule has 1 saturated heterocycles. The number of carbonyl (C=O) groups excluding carboxylic acids is 2. The largest absolute Gasteiger partial charge is 0.360 e. The maximum atomic E-state index is 12.7. The van der Waals surface area contributed by atoms with Gasteiger partial charge in [0, 0.05) is 6.04 Å². The van der Waals surface area contributed by atoms with E-state index in [0.29, 0.717) is 12.8 Å². The van der Waals surface area contributed by atoms with Crippen molar-refractivity contribution in [2.75, 3.05) is 5.75 Å². The van der Waals surface area contributed by atoms with Crippen molar-refractivity contribution in [2.24, 2.45) is 0 Å². The standard InChI is InChI=1S/C14H19N3O5S2/c1-8-13(9(2)22-15-8)24(20,21)16-10-5-3-4-6-11(10)17-12(18)7-23-14(17)19/h10-11,16H,3-7H2,1-2H3. The van der Waals surface area contributed by atoms with E-state index in [2.05, 4.69) is 9.88 Å². The summed E-state index contributed by atoms with van der Waals surface area (Å²) in [6, 6.07) is -0.937. The monoisotopic (exact) mass is 373 g/mol. The number of nitrogens with zero attached hydrogens (tertiary/aromatic N) is 2. The summed E-state index contributed by atoms with van der Waals surface area (Å²) in [6.45, 7) is 3.10. The number of thioether (sulfide) groups is 1. The molecule has 10 heteroatoms. The molecule has 1 aliphatic heterocycles. The minimum atomic E-state index is -3.84. The number of sulfonamides is 1. The zero-order chi connectivity index (χ0) is 17.5. The summed E-state index contributed by atoms with van der Waals surface area (Å²) in [7, 11) is -3.84. The molecule has 2 atom stereocenters. The van der Waals surface area contributed by atoms with E-state index >= 15 is 0 Å². The van der Waals surface area contributed by atoms with Gasteiger partial charge in [-0.15, -0.1) is 0 Å². The molecule has 1 N–H and O–H groups in total. The van der Waals surface area contributed by atoms with Crippen LogP contribution in [0.1, 0.15) is 37.1 Å². The molecule has 2 aliphatic rings. The summed E-state index contributed by atoms with van der Waals surface area (Å²) in [6.07, 6.45) is 2.88. The summed E-state index contributed by atoms with van der Waals surface area (Å²) in [5, 5.41) is 3.38. The van der Waals surface area contributed by atoms with Crippen LogP contribution in [0.2, 0.25) is 0 Å². The van der Waals surface area contributed by atoms with E-state index < -0.39 is 22.1 Å².